The Balaban J connectivity index is 1.28. The molecule has 3 aliphatic rings. The average Bonchev–Trinajstić information content (AvgIpc) is 3.18. The third-order valence-corrected chi connectivity index (χ3v) is 6.91. The number of halogens is 3. The molecular weight excluding hydrogens is 409 g/mol. The van der Waals surface area contributed by atoms with Crippen LogP contribution in [0, 0.1) is 11.8 Å². The molecule has 1 aromatic carbocycles. The highest BCUT2D eigenvalue weighted by molar-refractivity contribution is 5.58. The topological polar surface area (TPSA) is 16.1 Å². The molecule has 1 unspecified atom stereocenters. The maximum Gasteiger partial charge on any atom is 0.417 e. The van der Waals surface area contributed by atoms with Gasteiger partial charge in [0.05, 0.1) is 5.56 Å². The summed E-state index contributed by atoms with van der Waals surface area (Å²) in [6.45, 7) is 1.63. The summed E-state index contributed by atoms with van der Waals surface area (Å²) in [5.41, 5.74) is 5.09. The van der Waals surface area contributed by atoms with Gasteiger partial charge in [0.15, 0.2) is 0 Å². The van der Waals surface area contributed by atoms with E-state index in [4.69, 9.17) is 0 Å². The summed E-state index contributed by atoms with van der Waals surface area (Å²) in [7, 11) is 0. The third kappa shape index (κ3) is 4.25. The molecule has 2 aliphatic carbocycles. The second-order valence-corrected chi connectivity index (χ2v) is 8.94. The molecule has 5 heteroatoms. The first-order chi connectivity index (χ1) is 15.5. The lowest BCUT2D eigenvalue weighted by Gasteiger charge is -2.34. The first-order valence-electron chi connectivity index (χ1n) is 11.4. The smallest absolute Gasteiger partial charge is 0.357 e. The molecule has 0 radical (unpaired) electrons. The second-order valence-electron chi connectivity index (χ2n) is 8.94. The largest absolute Gasteiger partial charge is 0.417 e. The van der Waals surface area contributed by atoms with Gasteiger partial charge in [-0.1, -0.05) is 48.6 Å². The molecule has 5 rings (SSSR count). The molecule has 1 saturated heterocycles. The fourth-order valence-electron chi connectivity index (χ4n) is 5.28. The molecule has 0 spiro atoms. The highest BCUT2D eigenvalue weighted by Crippen LogP contribution is 2.45. The number of hydrogen-bond acceptors (Lipinski definition) is 2. The lowest BCUT2D eigenvalue weighted by molar-refractivity contribution is -0.137. The van der Waals surface area contributed by atoms with Gasteiger partial charge in [0.25, 0.3) is 0 Å². The molecule has 1 aliphatic heterocycles. The minimum atomic E-state index is -4.34. The molecule has 0 bridgehead atoms. The third-order valence-electron chi connectivity index (χ3n) is 6.91. The molecule has 2 aromatic rings. The van der Waals surface area contributed by atoms with Gasteiger partial charge in [-0.05, 0) is 72.4 Å². The van der Waals surface area contributed by atoms with Crippen LogP contribution in [0.2, 0.25) is 0 Å². The number of pyridine rings is 1. The van der Waals surface area contributed by atoms with E-state index < -0.39 is 11.7 Å². The zero-order chi connectivity index (χ0) is 22.1. The van der Waals surface area contributed by atoms with E-state index in [0.717, 1.165) is 57.5 Å². The highest BCUT2D eigenvalue weighted by Gasteiger charge is 2.34. The van der Waals surface area contributed by atoms with Gasteiger partial charge in [0.2, 0.25) is 0 Å². The summed E-state index contributed by atoms with van der Waals surface area (Å²) in [6, 6.07) is 13.3. The van der Waals surface area contributed by atoms with E-state index in [1.54, 1.807) is 0 Å². The Hall–Kier alpha value is -2.82. The zero-order valence-corrected chi connectivity index (χ0v) is 18.0. The van der Waals surface area contributed by atoms with Crippen LogP contribution in [0.3, 0.4) is 0 Å². The Morgan fingerprint density at radius 2 is 1.66 bits per heavy atom. The number of benzene rings is 1. The van der Waals surface area contributed by atoms with Crippen LogP contribution < -0.4 is 4.90 Å². The fraction of sp³-hybridized carbons (Fsp3) is 0.370. The molecule has 0 N–H and O–H groups in total. The maximum absolute atomic E-state index is 12.8. The molecule has 0 amide bonds. The van der Waals surface area contributed by atoms with Crippen LogP contribution in [0.5, 0.6) is 0 Å². The SMILES string of the molecule is FC(F)(F)c1ccc(N2CCC(C3=CC(Cc4ccccc4)C4=CCCC=C43)CC2)nc1. The summed E-state index contributed by atoms with van der Waals surface area (Å²) in [6.07, 6.45) is 9.17. The second kappa shape index (κ2) is 8.61. The minimum Gasteiger partial charge on any atom is -0.357 e. The molecule has 32 heavy (non-hydrogen) atoms. The first kappa shape index (κ1) is 21.0. The Labute approximate surface area is 187 Å². The number of piperidine rings is 1. The van der Waals surface area contributed by atoms with Crippen molar-refractivity contribution < 1.29 is 13.2 Å². The standard InChI is InChI=1S/C27H27F3N2/c28-27(29,30)22-10-11-26(31-18-22)32-14-12-20(13-15-32)25-17-21(16-19-6-2-1-3-7-19)23-8-4-5-9-24(23)25/h1-3,6-11,17-18,20-21H,4-5,12-16H2. The van der Waals surface area contributed by atoms with Crippen molar-refractivity contribution in [1.82, 2.24) is 4.98 Å². The summed E-state index contributed by atoms with van der Waals surface area (Å²) in [4.78, 5) is 6.20. The van der Waals surface area contributed by atoms with E-state index in [2.05, 4.69) is 58.4 Å². The van der Waals surface area contributed by atoms with Crippen LogP contribution in [0.25, 0.3) is 0 Å². The van der Waals surface area contributed by atoms with Gasteiger partial charge in [-0.3, -0.25) is 0 Å². The Morgan fingerprint density at radius 1 is 0.906 bits per heavy atom. The molecule has 2 heterocycles. The summed E-state index contributed by atoms with van der Waals surface area (Å²) >= 11 is 0. The Morgan fingerprint density at radius 3 is 2.34 bits per heavy atom. The monoisotopic (exact) mass is 436 g/mol. The van der Waals surface area contributed by atoms with Crippen molar-refractivity contribution in [1.29, 1.82) is 0 Å². The summed E-state index contributed by atoms with van der Waals surface area (Å²) in [5, 5.41) is 0. The zero-order valence-electron chi connectivity index (χ0n) is 18.0. The number of fused-ring (bicyclic) bond motifs is 1. The van der Waals surface area contributed by atoms with Crippen molar-refractivity contribution in [2.75, 3.05) is 18.0 Å². The Bertz CT molecular complexity index is 1040. The predicted molar refractivity (Wildman–Crippen MR) is 121 cm³/mol. The summed E-state index contributed by atoms with van der Waals surface area (Å²) < 4.78 is 38.5. The molecule has 1 atom stereocenters. The van der Waals surface area contributed by atoms with Crippen molar-refractivity contribution in [2.24, 2.45) is 11.8 Å². The van der Waals surface area contributed by atoms with Crippen molar-refractivity contribution in [2.45, 2.75) is 38.3 Å². The van der Waals surface area contributed by atoms with E-state index in [1.807, 2.05) is 0 Å². The molecular formula is C27H27F3N2. The van der Waals surface area contributed by atoms with Gasteiger partial charge in [-0.25, -0.2) is 4.98 Å². The molecule has 0 saturated carbocycles. The van der Waals surface area contributed by atoms with Gasteiger partial charge in [-0.2, -0.15) is 13.2 Å². The van der Waals surface area contributed by atoms with E-state index in [9.17, 15) is 13.2 Å². The Kier molecular flexibility index (Phi) is 5.66. The van der Waals surface area contributed by atoms with Crippen LogP contribution in [0.4, 0.5) is 19.0 Å². The lowest BCUT2D eigenvalue weighted by Crippen LogP contribution is -2.34. The first-order valence-corrected chi connectivity index (χ1v) is 11.4. The normalized spacial score (nSPS) is 21.7. The molecule has 1 fully saturated rings. The number of alkyl halides is 3. The van der Waals surface area contributed by atoms with Crippen LogP contribution in [0.15, 0.2) is 83.6 Å². The summed E-state index contributed by atoms with van der Waals surface area (Å²) in [5.74, 6) is 1.57. The van der Waals surface area contributed by atoms with Gasteiger partial charge >= 0.3 is 6.18 Å². The maximum atomic E-state index is 12.8. The van der Waals surface area contributed by atoms with E-state index in [1.165, 1.54) is 28.3 Å². The van der Waals surface area contributed by atoms with Crippen LogP contribution in [-0.2, 0) is 12.6 Å². The van der Waals surface area contributed by atoms with Crippen molar-refractivity contribution in [3.8, 4) is 0 Å². The van der Waals surface area contributed by atoms with E-state index in [-0.39, 0.29) is 0 Å². The van der Waals surface area contributed by atoms with Crippen LogP contribution >= 0.6 is 0 Å². The number of hydrogen-bond donors (Lipinski definition) is 0. The average molecular weight is 437 g/mol. The predicted octanol–water partition coefficient (Wildman–Crippen LogP) is 6.76. The molecule has 166 valence electrons. The number of aromatic nitrogens is 1. The van der Waals surface area contributed by atoms with Gasteiger partial charge in [0, 0.05) is 25.2 Å². The quantitative estimate of drug-likeness (QED) is 0.526. The lowest BCUT2D eigenvalue weighted by atomic mass is 9.83. The van der Waals surface area contributed by atoms with Gasteiger partial charge in [-0.15, -0.1) is 0 Å². The number of anilines is 1. The van der Waals surface area contributed by atoms with Gasteiger partial charge in [0.1, 0.15) is 5.82 Å². The van der Waals surface area contributed by atoms with Crippen molar-refractivity contribution >= 4 is 5.82 Å². The minimum absolute atomic E-state index is 0.438. The fourth-order valence-corrected chi connectivity index (χ4v) is 5.28. The van der Waals surface area contributed by atoms with Crippen LogP contribution in [-0.4, -0.2) is 18.1 Å². The van der Waals surface area contributed by atoms with Crippen molar-refractivity contribution in [3.05, 3.63) is 94.7 Å². The van der Waals surface area contributed by atoms with Crippen molar-refractivity contribution in [3.63, 3.8) is 0 Å². The van der Waals surface area contributed by atoms with Crippen LogP contribution in [0.1, 0.15) is 36.8 Å². The number of rotatable bonds is 4. The number of allylic oxidation sites excluding steroid dienone is 6. The highest BCUT2D eigenvalue weighted by atomic mass is 19.4. The van der Waals surface area contributed by atoms with Gasteiger partial charge < -0.3 is 4.90 Å². The number of nitrogens with zero attached hydrogens (tertiary/aromatic N) is 2. The molecule has 1 aromatic heterocycles. The van der Waals surface area contributed by atoms with E-state index >= 15 is 0 Å². The molecule has 2 nitrogen and oxygen atoms in total. The van der Waals surface area contributed by atoms with E-state index in [0.29, 0.717) is 17.7 Å².